The van der Waals surface area contributed by atoms with E-state index in [9.17, 15) is 27.1 Å². The van der Waals surface area contributed by atoms with Crippen molar-refractivity contribution in [1.29, 1.82) is 0 Å². The first-order chi connectivity index (χ1) is 15.2. The molecule has 3 aromatic rings. The number of thiophene rings is 1. The van der Waals surface area contributed by atoms with Crippen LogP contribution in [0, 0.1) is 11.6 Å². The number of anilines is 2. The first kappa shape index (κ1) is 24.7. The van der Waals surface area contributed by atoms with Gasteiger partial charge in [-0.2, -0.15) is 0 Å². The van der Waals surface area contributed by atoms with Crippen molar-refractivity contribution >= 4 is 38.1 Å². The quantitative estimate of drug-likeness (QED) is 0.378. The molecule has 2 aromatic heterocycles. The van der Waals surface area contributed by atoms with Gasteiger partial charge >= 0.3 is 0 Å². The Hall–Kier alpha value is -2.93. The molecular formula is C21H22F2N4O4S2. The average Bonchev–Trinajstić information content (AvgIpc) is 3.08. The minimum atomic E-state index is -3.42. The molecule has 3 rings (SSSR count). The van der Waals surface area contributed by atoms with Crippen molar-refractivity contribution in [3.8, 4) is 10.4 Å². The topological polar surface area (TPSA) is 134 Å². The van der Waals surface area contributed by atoms with Crippen LogP contribution in [0.5, 0.6) is 0 Å². The summed E-state index contributed by atoms with van der Waals surface area (Å²) in [5.41, 5.74) is 4.12. The lowest BCUT2D eigenvalue weighted by atomic mass is 9.96. The van der Waals surface area contributed by atoms with E-state index in [1.165, 1.54) is 19.9 Å². The number of nitrogens with two attached hydrogens (primary N) is 1. The second kappa shape index (κ2) is 9.14. The number of aliphatic hydroxyl groups is 1. The number of hydrogen-bond acceptors (Lipinski definition) is 7. The summed E-state index contributed by atoms with van der Waals surface area (Å²) in [6.07, 6.45) is 1.02. The minimum Gasteiger partial charge on any atom is -0.386 e. The lowest BCUT2D eigenvalue weighted by Crippen LogP contribution is -2.21. The lowest BCUT2D eigenvalue weighted by molar-refractivity contribution is 0.0778. The zero-order chi connectivity index (χ0) is 24.6. The molecule has 0 bridgehead atoms. The van der Waals surface area contributed by atoms with Gasteiger partial charge in [0.2, 0.25) is 10.0 Å². The Morgan fingerprint density at radius 3 is 2.39 bits per heavy atom. The molecule has 0 aliphatic heterocycles. The van der Waals surface area contributed by atoms with E-state index in [1.807, 2.05) is 0 Å². The van der Waals surface area contributed by atoms with Gasteiger partial charge in [-0.15, -0.1) is 11.3 Å². The van der Waals surface area contributed by atoms with Crippen molar-refractivity contribution in [2.45, 2.75) is 26.0 Å². The Morgan fingerprint density at radius 2 is 1.85 bits per heavy atom. The van der Waals surface area contributed by atoms with Crippen LogP contribution in [0.4, 0.5) is 19.6 Å². The fourth-order valence-corrected chi connectivity index (χ4v) is 4.45. The minimum absolute atomic E-state index is 0.00169. The van der Waals surface area contributed by atoms with Crippen molar-refractivity contribution in [3.63, 3.8) is 0 Å². The van der Waals surface area contributed by atoms with E-state index in [2.05, 4.69) is 15.0 Å². The summed E-state index contributed by atoms with van der Waals surface area (Å²) >= 11 is 0.895. The van der Waals surface area contributed by atoms with Crippen molar-refractivity contribution in [1.82, 2.24) is 9.71 Å². The van der Waals surface area contributed by atoms with Crippen LogP contribution in [0.3, 0.4) is 0 Å². The molecule has 0 atom stereocenters. The molecule has 0 radical (unpaired) electrons. The Kier molecular flexibility index (Phi) is 6.84. The standard InChI is InChI=1S/C21H22F2N4O4S2/c1-21(2,29)11-7-14(22)18(15(23)8-11)16-9-13(19(24)28)20(32-16)27-17-6-4-5-12(26-17)10-25-33(3,30)31/h4-9,25,29H,10H2,1-3H3,(H2,24,28)(H,26,27). The number of carbonyl (C=O) groups is 1. The number of nitrogens with zero attached hydrogens (tertiary/aromatic N) is 1. The second-order valence-corrected chi connectivity index (χ2v) is 10.7. The van der Waals surface area contributed by atoms with E-state index in [0.717, 1.165) is 29.7 Å². The van der Waals surface area contributed by atoms with Crippen LogP contribution in [-0.2, 0) is 22.2 Å². The first-order valence-corrected chi connectivity index (χ1v) is 12.3. The number of sulfonamides is 1. The van der Waals surface area contributed by atoms with Crippen molar-refractivity contribution in [2.24, 2.45) is 5.73 Å². The maximum absolute atomic E-state index is 14.8. The summed E-state index contributed by atoms with van der Waals surface area (Å²) in [4.78, 5) is 16.3. The third-order valence-corrected chi connectivity index (χ3v) is 6.29. The van der Waals surface area contributed by atoms with Gasteiger partial charge in [-0.05, 0) is 49.7 Å². The highest BCUT2D eigenvalue weighted by Crippen LogP contribution is 2.40. The summed E-state index contributed by atoms with van der Waals surface area (Å²) in [5.74, 6) is -2.34. The highest BCUT2D eigenvalue weighted by Gasteiger charge is 2.24. The van der Waals surface area contributed by atoms with Crippen LogP contribution in [0.2, 0.25) is 0 Å². The molecule has 1 amide bonds. The highest BCUT2D eigenvalue weighted by atomic mass is 32.2. The molecule has 0 unspecified atom stereocenters. The van der Waals surface area contributed by atoms with Gasteiger partial charge in [-0.1, -0.05) is 6.07 Å². The number of carbonyl (C=O) groups excluding carboxylic acids is 1. The fourth-order valence-electron chi connectivity index (χ4n) is 2.92. The molecule has 33 heavy (non-hydrogen) atoms. The number of rotatable bonds is 8. The van der Waals surface area contributed by atoms with E-state index < -0.39 is 33.2 Å². The molecule has 0 aliphatic carbocycles. The fraction of sp³-hybridized carbons (Fsp3) is 0.238. The largest absolute Gasteiger partial charge is 0.386 e. The van der Waals surface area contributed by atoms with Gasteiger partial charge in [0.15, 0.2) is 0 Å². The summed E-state index contributed by atoms with van der Waals surface area (Å²) in [5, 5.41) is 13.2. The van der Waals surface area contributed by atoms with Crippen molar-refractivity contribution in [2.75, 3.05) is 11.6 Å². The summed E-state index contributed by atoms with van der Waals surface area (Å²) in [6, 6.07) is 8.15. The molecule has 0 spiro atoms. The number of primary amides is 1. The van der Waals surface area contributed by atoms with E-state index in [0.29, 0.717) is 5.69 Å². The predicted octanol–water partition coefficient (Wildman–Crippen LogP) is 3.21. The Labute approximate surface area is 193 Å². The summed E-state index contributed by atoms with van der Waals surface area (Å²) in [6.45, 7) is 2.77. The van der Waals surface area contributed by atoms with E-state index in [1.54, 1.807) is 18.2 Å². The molecule has 5 N–H and O–H groups in total. The first-order valence-electron chi connectivity index (χ1n) is 9.58. The van der Waals surface area contributed by atoms with Crippen LogP contribution < -0.4 is 15.8 Å². The van der Waals surface area contributed by atoms with Gasteiger partial charge in [0.1, 0.15) is 22.5 Å². The molecule has 0 saturated carbocycles. The Bertz CT molecular complexity index is 1300. The van der Waals surface area contributed by atoms with Crippen LogP contribution >= 0.6 is 11.3 Å². The molecule has 0 aliphatic rings. The number of amides is 1. The third kappa shape index (κ3) is 6.11. The molecule has 8 nitrogen and oxygen atoms in total. The maximum Gasteiger partial charge on any atom is 0.251 e. The van der Waals surface area contributed by atoms with E-state index in [-0.39, 0.29) is 38.9 Å². The van der Waals surface area contributed by atoms with Crippen molar-refractivity contribution in [3.05, 3.63) is 64.9 Å². The Morgan fingerprint density at radius 1 is 1.21 bits per heavy atom. The molecule has 12 heteroatoms. The Balaban J connectivity index is 1.97. The van der Waals surface area contributed by atoms with Gasteiger partial charge in [0.25, 0.3) is 5.91 Å². The summed E-state index contributed by atoms with van der Waals surface area (Å²) in [7, 11) is -3.42. The number of halogens is 2. The average molecular weight is 497 g/mol. The van der Waals surface area contributed by atoms with Crippen LogP contribution in [0.1, 0.15) is 35.5 Å². The molecule has 1 aromatic carbocycles. The van der Waals surface area contributed by atoms with Gasteiger partial charge in [-0.3, -0.25) is 4.79 Å². The van der Waals surface area contributed by atoms with Gasteiger partial charge in [0.05, 0.1) is 35.2 Å². The number of hydrogen-bond donors (Lipinski definition) is 4. The molecule has 176 valence electrons. The van der Waals surface area contributed by atoms with Gasteiger partial charge in [-0.25, -0.2) is 26.9 Å². The maximum atomic E-state index is 14.8. The number of benzene rings is 1. The van der Waals surface area contributed by atoms with Crippen LogP contribution in [0.15, 0.2) is 36.4 Å². The molecule has 2 heterocycles. The lowest BCUT2D eigenvalue weighted by Gasteiger charge is -2.18. The second-order valence-electron chi connectivity index (χ2n) is 7.82. The highest BCUT2D eigenvalue weighted by molar-refractivity contribution is 7.88. The van der Waals surface area contributed by atoms with E-state index >= 15 is 0 Å². The van der Waals surface area contributed by atoms with Gasteiger partial charge in [0, 0.05) is 4.88 Å². The number of aromatic nitrogens is 1. The smallest absolute Gasteiger partial charge is 0.251 e. The van der Waals surface area contributed by atoms with Gasteiger partial charge < -0.3 is 16.2 Å². The van der Waals surface area contributed by atoms with Crippen LogP contribution in [0.25, 0.3) is 10.4 Å². The zero-order valence-electron chi connectivity index (χ0n) is 17.9. The van der Waals surface area contributed by atoms with E-state index in [4.69, 9.17) is 5.73 Å². The predicted molar refractivity (Wildman–Crippen MR) is 123 cm³/mol. The number of nitrogens with one attached hydrogen (secondary N) is 2. The molecule has 0 fully saturated rings. The van der Waals surface area contributed by atoms with Crippen LogP contribution in [-0.4, -0.2) is 30.7 Å². The monoisotopic (exact) mass is 496 g/mol. The summed E-state index contributed by atoms with van der Waals surface area (Å²) < 4.78 is 54.5. The molecule has 0 saturated heterocycles. The third-order valence-electron chi connectivity index (χ3n) is 4.56. The van der Waals surface area contributed by atoms with Crippen molar-refractivity contribution < 1.29 is 27.1 Å². The molecular weight excluding hydrogens is 474 g/mol. The number of pyridine rings is 1. The normalized spacial score (nSPS) is 12.1. The zero-order valence-corrected chi connectivity index (χ0v) is 19.6. The SMILES string of the molecule is CC(C)(O)c1cc(F)c(-c2cc(C(N)=O)c(Nc3cccc(CNS(C)(=O)=O)n3)s2)c(F)c1.